The third kappa shape index (κ3) is 3.23. The Kier molecular flexibility index (Phi) is 4.48. The zero-order chi connectivity index (χ0) is 17.1. The lowest BCUT2D eigenvalue weighted by molar-refractivity contribution is -0.116. The van der Waals surface area contributed by atoms with E-state index in [1.165, 1.54) is 19.2 Å². The summed E-state index contributed by atoms with van der Waals surface area (Å²) in [5.41, 5.74) is 2.36. The molecule has 0 aliphatic heterocycles. The maximum atomic E-state index is 12.3. The number of fused-ring (bicyclic) bond motifs is 1. The highest BCUT2D eigenvalue weighted by Gasteiger charge is 2.13. The van der Waals surface area contributed by atoms with Crippen molar-refractivity contribution in [3.63, 3.8) is 0 Å². The van der Waals surface area contributed by atoms with E-state index in [0.29, 0.717) is 5.69 Å². The van der Waals surface area contributed by atoms with Gasteiger partial charge < -0.3 is 14.6 Å². The van der Waals surface area contributed by atoms with E-state index in [0.717, 1.165) is 11.0 Å². The Labute approximate surface area is 143 Å². The molecular formula is C17H14ClN3O3. The first-order valence-electron chi connectivity index (χ1n) is 7.16. The molecule has 0 aliphatic rings. The predicted octanol–water partition coefficient (Wildman–Crippen LogP) is 3.12. The smallest absolute Gasteiger partial charge is 0.339 e. The van der Waals surface area contributed by atoms with Crippen LogP contribution < -0.4 is 5.32 Å². The Morgan fingerprint density at radius 3 is 2.83 bits per heavy atom. The molecule has 122 valence electrons. The summed E-state index contributed by atoms with van der Waals surface area (Å²) in [5.74, 6) is -0.798. The van der Waals surface area contributed by atoms with Crippen molar-refractivity contribution in [1.29, 1.82) is 0 Å². The van der Waals surface area contributed by atoms with Crippen LogP contribution in [0, 0.1) is 0 Å². The van der Waals surface area contributed by atoms with Gasteiger partial charge in [-0.1, -0.05) is 23.7 Å². The van der Waals surface area contributed by atoms with Gasteiger partial charge in [0.25, 0.3) is 0 Å². The van der Waals surface area contributed by atoms with Crippen LogP contribution in [0.25, 0.3) is 11.0 Å². The molecule has 3 aromatic rings. The third-order valence-corrected chi connectivity index (χ3v) is 3.83. The third-order valence-electron chi connectivity index (χ3n) is 3.50. The van der Waals surface area contributed by atoms with E-state index in [1.807, 2.05) is 24.3 Å². The van der Waals surface area contributed by atoms with Crippen molar-refractivity contribution in [1.82, 2.24) is 9.55 Å². The van der Waals surface area contributed by atoms with E-state index in [2.05, 4.69) is 15.0 Å². The Balaban J connectivity index is 1.76. The van der Waals surface area contributed by atoms with E-state index in [4.69, 9.17) is 11.6 Å². The molecule has 1 amide bonds. The van der Waals surface area contributed by atoms with Crippen molar-refractivity contribution in [2.24, 2.45) is 0 Å². The summed E-state index contributed by atoms with van der Waals surface area (Å²) in [7, 11) is 1.27. The van der Waals surface area contributed by atoms with Crippen LogP contribution in [-0.4, -0.2) is 28.5 Å². The summed E-state index contributed by atoms with van der Waals surface area (Å²) in [6.07, 6.45) is 1.62. The summed E-state index contributed by atoms with van der Waals surface area (Å²) in [4.78, 5) is 28.1. The van der Waals surface area contributed by atoms with Crippen LogP contribution in [0.15, 0.2) is 48.8 Å². The average Bonchev–Trinajstić information content (AvgIpc) is 2.99. The van der Waals surface area contributed by atoms with Crippen molar-refractivity contribution < 1.29 is 14.3 Å². The molecule has 24 heavy (non-hydrogen) atoms. The summed E-state index contributed by atoms with van der Waals surface area (Å²) in [5, 5.41) is 3.00. The first-order chi connectivity index (χ1) is 11.6. The number of hydrogen-bond acceptors (Lipinski definition) is 4. The maximum Gasteiger partial charge on any atom is 0.339 e. The summed E-state index contributed by atoms with van der Waals surface area (Å²) in [6, 6.07) is 12.2. The molecule has 0 radical (unpaired) electrons. The molecule has 0 bridgehead atoms. The van der Waals surface area contributed by atoms with E-state index in [-0.39, 0.29) is 23.0 Å². The number of esters is 1. The molecule has 0 saturated heterocycles. The fourth-order valence-electron chi connectivity index (χ4n) is 2.36. The van der Waals surface area contributed by atoms with Gasteiger partial charge in [-0.15, -0.1) is 0 Å². The molecule has 0 spiro atoms. The van der Waals surface area contributed by atoms with Crippen molar-refractivity contribution >= 4 is 40.2 Å². The monoisotopic (exact) mass is 343 g/mol. The van der Waals surface area contributed by atoms with Crippen LogP contribution in [-0.2, 0) is 16.1 Å². The van der Waals surface area contributed by atoms with E-state index >= 15 is 0 Å². The fourth-order valence-corrected chi connectivity index (χ4v) is 2.56. The van der Waals surface area contributed by atoms with E-state index in [9.17, 15) is 9.59 Å². The van der Waals surface area contributed by atoms with Crippen LogP contribution >= 0.6 is 11.6 Å². The van der Waals surface area contributed by atoms with Crippen molar-refractivity contribution in [2.75, 3.05) is 12.4 Å². The standard InChI is InChI=1S/C17H14ClN3O3/c1-24-17(23)12-8-11(6-7-13(12)18)20-16(22)9-21-10-19-14-4-2-3-5-15(14)21/h2-8,10H,9H2,1H3,(H,20,22). The SMILES string of the molecule is COC(=O)c1cc(NC(=O)Cn2cnc3ccccc32)ccc1Cl. The number of nitrogens with zero attached hydrogens (tertiary/aromatic N) is 2. The number of carbonyl (C=O) groups is 2. The lowest BCUT2D eigenvalue weighted by Gasteiger charge is -2.09. The lowest BCUT2D eigenvalue weighted by atomic mass is 10.2. The average molecular weight is 344 g/mol. The number of nitrogens with one attached hydrogen (secondary N) is 1. The van der Waals surface area contributed by atoms with E-state index in [1.54, 1.807) is 17.0 Å². The summed E-state index contributed by atoms with van der Waals surface area (Å²) >= 11 is 5.96. The van der Waals surface area contributed by atoms with Crippen LogP contribution in [0.4, 0.5) is 5.69 Å². The highest BCUT2D eigenvalue weighted by Crippen LogP contribution is 2.21. The molecule has 0 unspecified atom stereocenters. The molecule has 7 heteroatoms. The van der Waals surface area contributed by atoms with Gasteiger partial charge in [0, 0.05) is 5.69 Å². The fraction of sp³-hybridized carbons (Fsp3) is 0.118. The zero-order valence-electron chi connectivity index (χ0n) is 12.8. The van der Waals surface area contributed by atoms with Gasteiger partial charge >= 0.3 is 5.97 Å². The van der Waals surface area contributed by atoms with Crippen molar-refractivity contribution in [3.8, 4) is 0 Å². The normalized spacial score (nSPS) is 10.6. The van der Waals surface area contributed by atoms with Gasteiger partial charge in [-0.2, -0.15) is 0 Å². The Morgan fingerprint density at radius 1 is 1.25 bits per heavy atom. The number of para-hydroxylation sites is 2. The molecular weight excluding hydrogens is 330 g/mol. The van der Waals surface area contributed by atoms with Gasteiger partial charge in [0.15, 0.2) is 0 Å². The number of methoxy groups -OCH3 is 1. The highest BCUT2D eigenvalue weighted by molar-refractivity contribution is 6.33. The van der Waals surface area contributed by atoms with Gasteiger partial charge in [0.2, 0.25) is 5.91 Å². The Bertz CT molecular complexity index is 920. The second-order valence-corrected chi connectivity index (χ2v) is 5.50. The zero-order valence-corrected chi connectivity index (χ0v) is 13.6. The number of rotatable bonds is 4. The number of benzene rings is 2. The van der Waals surface area contributed by atoms with Crippen molar-refractivity contribution in [2.45, 2.75) is 6.54 Å². The summed E-state index contributed by atoms with van der Waals surface area (Å²) < 4.78 is 6.41. The number of halogens is 1. The number of carbonyl (C=O) groups excluding carboxylic acids is 2. The van der Waals surface area contributed by atoms with Gasteiger partial charge in [-0.3, -0.25) is 4.79 Å². The topological polar surface area (TPSA) is 73.2 Å². The molecule has 0 saturated carbocycles. The largest absolute Gasteiger partial charge is 0.465 e. The molecule has 0 aliphatic carbocycles. The second kappa shape index (κ2) is 6.72. The van der Waals surface area contributed by atoms with Gasteiger partial charge in [-0.25, -0.2) is 9.78 Å². The molecule has 0 atom stereocenters. The number of imidazole rings is 1. The summed E-state index contributed by atoms with van der Waals surface area (Å²) in [6.45, 7) is 0.108. The van der Waals surface area contributed by atoms with Crippen LogP contribution in [0.2, 0.25) is 5.02 Å². The number of hydrogen-bond donors (Lipinski definition) is 1. The van der Waals surface area contributed by atoms with Gasteiger partial charge in [0.05, 0.1) is 35.1 Å². The molecule has 1 heterocycles. The van der Waals surface area contributed by atoms with Gasteiger partial charge in [-0.05, 0) is 30.3 Å². The Morgan fingerprint density at radius 2 is 2.04 bits per heavy atom. The molecule has 1 N–H and O–H groups in total. The predicted molar refractivity (Wildman–Crippen MR) is 91.2 cm³/mol. The minimum Gasteiger partial charge on any atom is -0.465 e. The number of aromatic nitrogens is 2. The molecule has 1 aromatic heterocycles. The number of ether oxygens (including phenoxy) is 1. The highest BCUT2D eigenvalue weighted by atomic mass is 35.5. The molecule has 6 nitrogen and oxygen atoms in total. The second-order valence-electron chi connectivity index (χ2n) is 5.10. The lowest BCUT2D eigenvalue weighted by Crippen LogP contribution is -2.18. The number of amides is 1. The molecule has 0 fully saturated rings. The van der Waals surface area contributed by atoms with Crippen LogP contribution in [0.1, 0.15) is 10.4 Å². The first kappa shape index (κ1) is 16.0. The Hall–Kier alpha value is -2.86. The molecule has 2 aromatic carbocycles. The quantitative estimate of drug-likeness (QED) is 0.739. The van der Waals surface area contributed by atoms with Crippen LogP contribution in [0.3, 0.4) is 0 Å². The number of anilines is 1. The first-order valence-corrected chi connectivity index (χ1v) is 7.54. The minimum atomic E-state index is -0.559. The maximum absolute atomic E-state index is 12.3. The van der Waals surface area contributed by atoms with E-state index < -0.39 is 5.97 Å². The minimum absolute atomic E-state index is 0.108. The van der Waals surface area contributed by atoms with Crippen LogP contribution in [0.5, 0.6) is 0 Å². The molecule has 3 rings (SSSR count). The van der Waals surface area contributed by atoms with Gasteiger partial charge in [0.1, 0.15) is 6.54 Å². The van der Waals surface area contributed by atoms with Crippen molar-refractivity contribution in [3.05, 3.63) is 59.4 Å².